The van der Waals surface area contributed by atoms with Gasteiger partial charge in [-0.2, -0.15) is 4.31 Å². The Balaban J connectivity index is 2.23. The first-order valence-electron chi connectivity index (χ1n) is 8.04. The molecule has 1 aromatic rings. The maximum Gasteiger partial charge on any atom is 0.254 e. The zero-order valence-corrected chi connectivity index (χ0v) is 14.2. The molecule has 1 heterocycles. The van der Waals surface area contributed by atoms with Crippen LogP contribution in [-0.4, -0.2) is 38.3 Å². The van der Waals surface area contributed by atoms with Crippen LogP contribution in [0.4, 0.5) is 4.39 Å². The third-order valence-electron chi connectivity index (χ3n) is 3.95. The van der Waals surface area contributed by atoms with Crippen molar-refractivity contribution in [2.24, 2.45) is 0 Å². The molecular formula is C16H23FN2O3S. The third kappa shape index (κ3) is 4.29. The zero-order chi connectivity index (χ0) is 16.9. The summed E-state index contributed by atoms with van der Waals surface area (Å²) in [4.78, 5) is 12.0. The van der Waals surface area contributed by atoms with Gasteiger partial charge < -0.3 is 5.32 Å². The van der Waals surface area contributed by atoms with E-state index in [1.807, 2.05) is 6.92 Å². The normalized spacial score (nSPS) is 16.3. The molecule has 1 aromatic carbocycles. The molecule has 1 fully saturated rings. The van der Waals surface area contributed by atoms with Crippen LogP contribution < -0.4 is 5.32 Å². The van der Waals surface area contributed by atoms with Gasteiger partial charge in [-0.05, 0) is 37.5 Å². The van der Waals surface area contributed by atoms with Crippen LogP contribution in [0.3, 0.4) is 0 Å². The lowest BCUT2D eigenvalue weighted by molar-refractivity contribution is 0.0949. The maximum absolute atomic E-state index is 13.9. The van der Waals surface area contributed by atoms with Gasteiger partial charge in [-0.15, -0.1) is 0 Å². The Morgan fingerprint density at radius 3 is 2.61 bits per heavy atom. The minimum absolute atomic E-state index is 0.0264. The number of hydrogen-bond acceptors (Lipinski definition) is 3. The van der Waals surface area contributed by atoms with Crippen LogP contribution in [0.15, 0.2) is 23.1 Å². The molecule has 5 nitrogen and oxygen atoms in total. The number of piperidine rings is 1. The van der Waals surface area contributed by atoms with Crippen molar-refractivity contribution in [3.8, 4) is 0 Å². The number of sulfonamides is 1. The molecule has 1 N–H and O–H groups in total. The van der Waals surface area contributed by atoms with Gasteiger partial charge in [0.2, 0.25) is 10.0 Å². The van der Waals surface area contributed by atoms with Crippen LogP contribution in [-0.2, 0) is 10.0 Å². The molecule has 2 rings (SSSR count). The van der Waals surface area contributed by atoms with E-state index in [9.17, 15) is 17.6 Å². The lowest BCUT2D eigenvalue weighted by Crippen LogP contribution is -2.35. The lowest BCUT2D eigenvalue weighted by atomic mass is 10.2. The van der Waals surface area contributed by atoms with E-state index in [-0.39, 0.29) is 10.5 Å². The van der Waals surface area contributed by atoms with Crippen molar-refractivity contribution >= 4 is 15.9 Å². The first kappa shape index (κ1) is 17.9. The van der Waals surface area contributed by atoms with Gasteiger partial charge in [0.25, 0.3) is 5.91 Å². The Morgan fingerprint density at radius 2 is 1.96 bits per heavy atom. The van der Waals surface area contributed by atoms with Crippen molar-refractivity contribution in [1.29, 1.82) is 0 Å². The fourth-order valence-corrected chi connectivity index (χ4v) is 4.11. The fourth-order valence-electron chi connectivity index (χ4n) is 2.57. The second kappa shape index (κ2) is 7.88. The number of benzene rings is 1. The molecule has 23 heavy (non-hydrogen) atoms. The highest BCUT2D eigenvalue weighted by Crippen LogP contribution is 2.22. The standard InChI is InChI=1S/C16H23FN2O3S/c1-2-3-9-18-16(20)14-12-13(7-8-15(14)17)23(21,22)19-10-5-4-6-11-19/h7-8,12H,2-6,9-11H2,1H3,(H,18,20). The number of nitrogens with zero attached hydrogens (tertiary/aromatic N) is 1. The number of unbranched alkanes of at least 4 members (excludes halogenated alkanes) is 1. The molecular weight excluding hydrogens is 319 g/mol. The molecule has 0 atom stereocenters. The molecule has 1 saturated heterocycles. The van der Waals surface area contributed by atoms with E-state index in [2.05, 4.69) is 5.32 Å². The van der Waals surface area contributed by atoms with Gasteiger partial charge in [-0.25, -0.2) is 12.8 Å². The smallest absolute Gasteiger partial charge is 0.254 e. The molecule has 0 aromatic heterocycles. The van der Waals surface area contributed by atoms with E-state index < -0.39 is 21.7 Å². The van der Waals surface area contributed by atoms with Crippen LogP contribution in [0.2, 0.25) is 0 Å². The molecule has 0 aliphatic carbocycles. The van der Waals surface area contributed by atoms with Gasteiger partial charge in [0.1, 0.15) is 5.82 Å². The van der Waals surface area contributed by atoms with E-state index in [1.165, 1.54) is 10.4 Å². The fraction of sp³-hybridized carbons (Fsp3) is 0.562. The number of halogens is 1. The minimum atomic E-state index is -3.67. The summed E-state index contributed by atoms with van der Waals surface area (Å²) in [5.41, 5.74) is -0.223. The summed E-state index contributed by atoms with van der Waals surface area (Å²) in [6.07, 6.45) is 4.36. The second-order valence-corrected chi connectivity index (χ2v) is 7.65. The summed E-state index contributed by atoms with van der Waals surface area (Å²) in [5.74, 6) is -1.29. The molecule has 1 aliphatic heterocycles. The highest BCUT2D eigenvalue weighted by atomic mass is 32.2. The molecule has 0 unspecified atom stereocenters. The van der Waals surface area contributed by atoms with Crippen molar-refractivity contribution in [3.05, 3.63) is 29.6 Å². The summed E-state index contributed by atoms with van der Waals surface area (Å²) in [5, 5.41) is 2.61. The largest absolute Gasteiger partial charge is 0.352 e. The van der Waals surface area contributed by atoms with Crippen molar-refractivity contribution in [1.82, 2.24) is 9.62 Å². The second-order valence-electron chi connectivity index (χ2n) is 5.72. The highest BCUT2D eigenvalue weighted by Gasteiger charge is 2.27. The predicted molar refractivity (Wildman–Crippen MR) is 86.3 cm³/mol. The summed E-state index contributed by atoms with van der Waals surface area (Å²) >= 11 is 0. The molecule has 128 valence electrons. The van der Waals surface area contributed by atoms with Gasteiger partial charge in [-0.1, -0.05) is 19.8 Å². The maximum atomic E-state index is 13.9. The van der Waals surface area contributed by atoms with E-state index in [4.69, 9.17) is 0 Å². The summed E-state index contributed by atoms with van der Waals surface area (Å²) < 4.78 is 40.5. The van der Waals surface area contributed by atoms with Crippen LogP contribution >= 0.6 is 0 Å². The molecule has 1 amide bonds. The summed E-state index contributed by atoms with van der Waals surface area (Å²) in [6, 6.07) is 3.41. The first-order chi connectivity index (χ1) is 11.0. The van der Waals surface area contributed by atoms with Gasteiger partial charge in [0.05, 0.1) is 10.5 Å². The molecule has 0 radical (unpaired) electrons. The third-order valence-corrected chi connectivity index (χ3v) is 5.85. The van der Waals surface area contributed by atoms with Crippen LogP contribution in [0.1, 0.15) is 49.4 Å². The van der Waals surface area contributed by atoms with Crippen LogP contribution in [0, 0.1) is 5.82 Å². The number of amides is 1. The Bertz CT molecular complexity index is 655. The molecule has 0 bridgehead atoms. The van der Waals surface area contributed by atoms with Gasteiger partial charge in [0.15, 0.2) is 0 Å². The van der Waals surface area contributed by atoms with Gasteiger partial charge in [-0.3, -0.25) is 4.79 Å². The SMILES string of the molecule is CCCCNC(=O)c1cc(S(=O)(=O)N2CCCCC2)ccc1F. The molecule has 1 aliphatic rings. The summed E-state index contributed by atoms with van der Waals surface area (Å²) in [6.45, 7) is 3.37. The van der Waals surface area contributed by atoms with Crippen molar-refractivity contribution in [2.45, 2.75) is 43.9 Å². The number of carbonyl (C=O) groups excluding carboxylic acids is 1. The monoisotopic (exact) mass is 342 g/mol. The number of nitrogens with one attached hydrogen (secondary N) is 1. The predicted octanol–water partition coefficient (Wildman–Crippen LogP) is 2.53. The summed E-state index contributed by atoms with van der Waals surface area (Å²) in [7, 11) is -3.67. The van der Waals surface area contributed by atoms with Gasteiger partial charge in [0, 0.05) is 19.6 Å². The first-order valence-corrected chi connectivity index (χ1v) is 9.48. The van der Waals surface area contributed by atoms with E-state index >= 15 is 0 Å². The Morgan fingerprint density at radius 1 is 1.26 bits per heavy atom. The molecule has 0 saturated carbocycles. The van der Waals surface area contributed by atoms with E-state index in [0.29, 0.717) is 19.6 Å². The molecule has 7 heteroatoms. The average molecular weight is 342 g/mol. The van der Waals surface area contributed by atoms with Gasteiger partial charge >= 0.3 is 0 Å². The number of carbonyl (C=O) groups is 1. The molecule has 0 spiro atoms. The van der Waals surface area contributed by atoms with E-state index in [1.54, 1.807) is 0 Å². The zero-order valence-electron chi connectivity index (χ0n) is 13.3. The quantitative estimate of drug-likeness (QED) is 0.808. The topological polar surface area (TPSA) is 66.5 Å². The lowest BCUT2D eigenvalue weighted by Gasteiger charge is -2.26. The minimum Gasteiger partial charge on any atom is -0.352 e. The van der Waals surface area contributed by atoms with E-state index in [0.717, 1.165) is 44.2 Å². The Labute approximate surface area is 136 Å². The van der Waals surface area contributed by atoms with Crippen LogP contribution in [0.5, 0.6) is 0 Å². The Hall–Kier alpha value is -1.47. The van der Waals surface area contributed by atoms with Crippen LogP contribution in [0.25, 0.3) is 0 Å². The number of hydrogen-bond donors (Lipinski definition) is 1. The Kier molecular flexibility index (Phi) is 6.12. The number of rotatable bonds is 6. The average Bonchev–Trinajstić information content (AvgIpc) is 2.56. The van der Waals surface area contributed by atoms with Crippen molar-refractivity contribution in [2.75, 3.05) is 19.6 Å². The highest BCUT2D eigenvalue weighted by molar-refractivity contribution is 7.89. The van der Waals surface area contributed by atoms with Crippen molar-refractivity contribution < 1.29 is 17.6 Å². The van der Waals surface area contributed by atoms with Crippen molar-refractivity contribution in [3.63, 3.8) is 0 Å².